The lowest BCUT2D eigenvalue weighted by Gasteiger charge is -2.10. The second-order valence-corrected chi connectivity index (χ2v) is 4.55. The number of aromatic nitrogens is 1. The Morgan fingerprint density at radius 1 is 1.28 bits per heavy atom. The molecule has 1 atom stereocenters. The fourth-order valence-corrected chi connectivity index (χ4v) is 1.81. The molecule has 4 heteroatoms. The zero-order chi connectivity index (χ0) is 13.1. The number of aliphatic hydroxyl groups is 1. The van der Waals surface area contributed by atoms with Gasteiger partial charge in [0.15, 0.2) is 0 Å². The summed E-state index contributed by atoms with van der Waals surface area (Å²) in [7, 11) is 0. The Hall–Kier alpha value is -1.58. The van der Waals surface area contributed by atoms with Gasteiger partial charge in [-0.2, -0.15) is 0 Å². The molecule has 0 aliphatic rings. The highest BCUT2D eigenvalue weighted by Gasteiger charge is 2.06. The predicted molar refractivity (Wildman–Crippen MR) is 71.1 cm³/mol. The molecule has 0 saturated heterocycles. The van der Waals surface area contributed by atoms with Gasteiger partial charge in [0.05, 0.1) is 6.10 Å². The number of hydrogen-bond acceptors (Lipinski definition) is 3. The lowest BCUT2D eigenvalue weighted by molar-refractivity contribution is 0.198. The Morgan fingerprint density at radius 3 is 2.72 bits per heavy atom. The number of halogens is 1. The molecule has 0 amide bonds. The first-order valence-electron chi connectivity index (χ1n) is 5.64. The minimum Gasteiger partial charge on any atom is -0.439 e. The van der Waals surface area contributed by atoms with Gasteiger partial charge in [0.1, 0.15) is 5.75 Å². The maximum Gasteiger partial charge on any atom is 0.219 e. The fraction of sp³-hybridized carbons (Fsp3) is 0.214. The van der Waals surface area contributed by atoms with Crippen molar-refractivity contribution in [3.63, 3.8) is 0 Å². The Labute approximate surface area is 111 Å². The molecule has 2 aromatic rings. The first-order chi connectivity index (χ1) is 8.56. The van der Waals surface area contributed by atoms with E-state index in [1.807, 2.05) is 13.0 Å². The van der Waals surface area contributed by atoms with Crippen molar-refractivity contribution in [2.45, 2.75) is 20.0 Å². The molecule has 94 valence electrons. The number of hydrogen-bond donors (Lipinski definition) is 1. The zero-order valence-electron chi connectivity index (χ0n) is 10.2. The molecular weight excluding hydrogens is 250 g/mol. The van der Waals surface area contributed by atoms with Crippen LogP contribution in [0.1, 0.15) is 24.2 Å². The second kappa shape index (κ2) is 5.38. The van der Waals surface area contributed by atoms with Crippen LogP contribution < -0.4 is 4.74 Å². The highest BCUT2D eigenvalue weighted by molar-refractivity contribution is 6.30. The van der Waals surface area contributed by atoms with Crippen LogP contribution in [0.3, 0.4) is 0 Å². The van der Waals surface area contributed by atoms with Crippen LogP contribution in [0.4, 0.5) is 0 Å². The van der Waals surface area contributed by atoms with Crippen LogP contribution in [0.2, 0.25) is 5.02 Å². The minimum atomic E-state index is -0.540. The average Bonchev–Trinajstić information content (AvgIpc) is 2.33. The van der Waals surface area contributed by atoms with Gasteiger partial charge in [-0.05, 0) is 49.2 Å². The topological polar surface area (TPSA) is 42.4 Å². The number of pyridine rings is 1. The molecule has 1 heterocycles. The maximum atomic E-state index is 9.50. The molecule has 0 fully saturated rings. The lowest BCUT2D eigenvalue weighted by atomic mass is 10.2. The summed E-state index contributed by atoms with van der Waals surface area (Å²) in [5, 5.41) is 10.2. The first-order valence-corrected chi connectivity index (χ1v) is 6.02. The second-order valence-electron chi connectivity index (χ2n) is 4.12. The van der Waals surface area contributed by atoms with Crippen molar-refractivity contribution in [3.8, 4) is 11.6 Å². The number of aliphatic hydroxyl groups excluding tert-OH is 1. The van der Waals surface area contributed by atoms with Crippen molar-refractivity contribution >= 4 is 11.6 Å². The summed E-state index contributed by atoms with van der Waals surface area (Å²) >= 11 is 5.88. The number of aryl methyl sites for hydroxylation is 1. The summed E-state index contributed by atoms with van der Waals surface area (Å²) in [6.45, 7) is 3.62. The Kier molecular flexibility index (Phi) is 3.84. The minimum absolute atomic E-state index is 0.457. The highest BCUT2D eigenvalue weighted by Crippen LogP contribution is 2.27. The predicted octanol–water partition coefficient (Wildman–Crippen LogP) is 3.89. The summed E-state index contributed by atoms with van der Waals surface area (Å²) in [4.78, 5) is 4.11. The van der Waals surface area contributed by atoms with Gasteiger partial charge in [-0.3, -0.25) is 0 Å². The molecule has 18 heavy (non-hydrogen) atoms. The van der Waals surface area contributed by atoms with E-state index in [0.29, 0.717) is 16.7 Å². The molecule has 0 bridgehead atoms. The molecule has 0 unspecified atom stereocenters. The summed E-state index contributed by atoms with van der Waals surface area (Å²) < 4.78 is 5.67. The van der Waals surface area contributed by atoms with Crippen molar-refractivity contribution in [2.75, 3.05) is 0 Å². The van der Waals surface area contributed by atoms with Crippen LogP contribution in [-0.2, 0) is 0 Å². The van der Waals surface area contributed by atoms with Gasteiger partial charge in [-0.1, -0.05) is 11.6 Å². The maximum absolute atomic E-state index is 9.50. The van der Waals surface area contributed by atoms with E-state index < -0.39 is 6.10 Å². The number of rotatable bonds is 3. The van der Waals surface area contributed by atoms with E-state index in [4.69, 9.17) is 16.3 Å². The molecular formula is C14H14ClNO2. The molecule has 0 aliphatic heterocycles. The summed E-state index contributed by atoms with van der Waals surface area (Å²) in [6, 6.07) is 8.87. The Morgan fingerprint density at radius 2 is 2.06 bits per heavy atom. The van der Waals surface area contributed by atoms with Gasteiger partial charge < -0.3 is 9.84 Å². The van der Waals surface area contributed by atoms with Crippen LogP contribution in [0.25, 0.3) is 0 Å². The van der Waals surface area contributed by atoms with Crippen molar-refractivity contribution in [2.24, 2.45) is 0 Å². The van der Waals surface area contributed by atoms with Gasteiger partial charge in [-0.15, -0.1) is 0 Å². The first kappa shape index (κ1) is 12.9. The Bertz CT molecular complexity index is 555. The molecule has 0 spiro atoms. The smallest absolute Gasteiger partial charge is 0.219 e. The molecule has 1 aromatic carbocycles. The molecule has 0 saturated carbocycles. The summed E-state index contributed by atoms with van der Waals surface area (Å²) in [5.74, 6) is 1.16. The van der Waals surface area contributed by atoms with Gasteiger partial charge >= 0.3 is 0 Å². The van der Waals surface area contributed by atoms with Gasteiger partial charge in [0, 0.05) is 17.3 Å². The molecule has 2 rings (SSSR count). The number of benzene rings is 1. The Balaban J connectivity index is 2.25. The lowest BCUT2D eigenvalue weighted by Crippen LogP contribution is -1.95. The third-order valence-corrected chi connectivity index (χ3v) is 2.83. The molecule has 0 radical (unpaired) electrons. The van der Waals surface area contributed by atoms with E-state index in [1.54, 1.807) is 37.4 Å². The average molecular weight is 264 g/mol. The van der Waals surface area contributed by atoms with Crippen LogP contribution in [0.15, 0.2) is 36.5 Å². The van der Waals surface area contributed by atoms with Gasteiger partial charge in [0.25, 0.3) is 0 Å². The van der Waals surface area contributed by atoms with Crippen LogP contribution in [-0.4, -0.2) is 10.1 Å². The van der Waals surface area contributed by atoms with Gasteiger partial charge in [-0.25, -0.2) is 4.98 Å². The third-order valence-electron chi connectivity index (χ3n) is 2.59. The monoisotopic (exact) mass is 263 g/mol. The van der Waals surface area contributed by atoms with Crippen molar-refractivity contribution in [1.82, 2.24) is 4.98 Å². The van der Waals surface area contributed by atoms with E-state index in [0.717, 1.165) is 11.1 Å². The number of nitrogens with zero attached hydrogens (tertiary/aromatic N) is 1. The van der Waals surface area contributed by atoms with E-state index in [9.17, 15) is 5.11 Å². The largest absolute Gasteiger partial charge is 0.439 e. The molecule has 0 aliphatic carbocycles. The van der Waals surface area contributed by atoms with Crippen LogP contribution in [0, 0.1) is 6.92 Å². The van der Waals surface area contributed by atoms with E-state index >= 15 is 0 Å². The molecule has 3 nitrogen and oxygen atoms in total. The SMILES string of the molecule is Cc1cc(Cl)ccc1Oc1cc([C@@H](C)O)ccn1. The standard InChI is InChI=1S/C14H14ClNO2/c1-9-7-12(15)3-4-13(9)18-14-8-11(10(2)17)5-6-16-14/h3-8,10,17H,1-2H3/t10-/m1/s1. The summed E-state index contributed by atoms with van der Waals surface area (Å²) in [6.07, 6.45) is 1.07. The van der Waals surface area contributed by atoms with Crippen LogP contribution in [0.5, 0.6) is 11.6 Å². The van der Waals surface area contributed by atoms with E-state index in [2.05, 4.69) is 4.98 Å². The molecule has 1 N–H and O–H groups in total. The normalized spacial score (nSPS) is 12.2. The zero-order valence-corrected chi connectivity index (χ0v) is 11.0. The van der Waals surface area contributed by atoms with Crippen molar-refractivity contribution in [3.05, 3.63) is 52.7 Å². The van der Waals surface area contributed by atoms with Crippen molar-refractivity contribution in [1.29, 1.82) is 0 Å². The van der Waals surface area contributed by atoms with Crippen molar-refractivity contribution < 1.29 is 9.84 Å². The van der Waals surface area contributed by atoms with E-state index in [-0.39, 0.29) is 0 Å². The van der Waals surface area contributed by atoms with Crippen LogP contribution >= 0.6 is 11.6 Å². The highest BCUT2D eigenvalue weighted by atomic mass is 35.5. The quantitative estimate of drug-likeness (QED) is 0.914. The van der Waals surface area contributed by atoms with E-state index in [1.165, 1.54) is 0 Å². The molecule has 1 aromatic heterocycles. The number of ether oxygens (including phenoxy) is 1. The van der Waals surface area contributed by atoms with Gasteiger partial charge in [0.2, 0.25) is 5.88 Å². The fourth-order valence-electron chi connectivity index (χ4n) is 1.58. The third kappa shape index (κ3) is 3.00. The summed E-state index contributed by atoms with van der Waals surface area (Å²) in [5.41, 5.74) is 1.71.